The van der Waals surface area contributed by atoms with Gasteiger partial charge in [-0.15, -0.1) is 0 Å². The Kier molecular flexibility index (Phi) is 3.25. The third-order valence-electron chi connectivity index (χ3n) is 1.71. The van der Waals surface area contributed by atoms with Crippen LogP contribution >= 0.6 is 0 Å². The van der Waals surface area contributed by atoms with E-state index in [4.69, 9.17) is 5.73 Å². The van der Waals surface area contributed by atoms with Gasteiger partial charge in [0.2, 0.25) is 0 Å². The summed E-state index contributed by atoms with van der Waals surface area (Å²) < 4.78 is 23.5. The molecule has 0 aliphatic heterocycles. The molecule has 1 aromatic heterocycles. The van der Waals surface area contributed by atoms with E-state index in [0.717, 1.165) is 6.26 Å². The monoisotopic (exact) mass is 219 g/mol. The first-order valence-corrected chi connectivity index (χ1v) is 5.93. The predicted molar refractivity (Wildman–Crippen MR) is 50.4 cm³/mol. The number of nitrogens with two attached hydrogens (primary N) is 1. The van der Waals surface area contributed by atoms with Gasteiger partial charge in [-0.05, 0) is 0 Å². The lowest BCUT2D eigenvalue weighted by Crippen LogP contribution is -2.25. The molecule has 0 unspecified atom stereocenters. The summed E-state index contributed by atoms with van der Waals surface area (Å²) in [7, 11) is -3.22. The van der Waals surface area contributed by atoms with Gasteiger partial charge in [0.15, 0.2) is 9.84 Å². The van der Waals surface area contributed by atoms with Crippen molar-refractivity contribution in [1.29, 1.82) is 0 Å². The molecule has 0 saturated heterocycles. The molecule has 0 aliphatic carbocycles. The van der Waals surface area contributed by atoms with E-state index >= 15 is 0 Å². The molecule has 7 heteroatoms. The lowest BCUT2D eigenvalue weighted by molar-refractivity contribution is 0.157. The van der Waals surface area contributed by atoms with Crippen LogP contribution in [0.4, 0.5) is 0 Å². The number of rotatable bonds is 4. The third kappa shape index (κ3) is 2.79. The normalized spacial score (nSPS) is 14.2. The highest BCUT2D eigenvalue weighted by Crippen LogP contribution is 2.06. The van der Waals surface area contributed by atoms with Crippen LogP contribution in [0.1, 0.15) is 0 Å². The lowest BCUT2D eigenvalue weighted by Gasteiger charge is -2.06. The molecular formula is C7H13N3O3S. The number of nitrogens with zero attached hydrogens (tertiary/aromatic N) is 2. The average molecular weight is 219 g/mol. The second kappa shape index (κ2) is 4.07. The second-order valence-electron chi connectivity index (χ2n) is 3.06. The molecule has 1 aromatic rings. The zero-order valence-electron chi connectivity index (χ0n) is 7.79. The Morgan fingerprint density at radius 1 is 1.71 bits per heavy atom. The number of aliphatic hydroxyl groups is 1. The first-order chi connectivity index (χ1) is 6.43. The summed E-state index contributed by atoms with van der Waals surface area (Å²) in [4.78, 5) is 0.140. The van der Waals surface area contributed by atoms with E-state index in [2.05, 4.69) is 5.10 Å². The molecule has 6 nitrogen and oxygen atoms in total. The van der Waals surface area contributed by atoms with E-state index in [1.54, 1.807) is 0 Å². The summed E-state index contributed by atoms with van der Waals surface area (Å²) >= 11 is 0. The van der Waals surface area contributed by atoms with Crippen LogP contribution in [0.5, 0.6) is 0 Å². The Hall–Kier alpha value is -0.920. The van der Waals surface area contributed by atoms with Gasteiger partial charge in [-0.1, -0.05) is 0 Å². The minimum absolute atomic E-state index is 0.119. The molecule has 1 heterocycles. The van der Waals surface area contributed by atoms with Crippen LogP contribution < -0.4 is 5.73 Å². The van der Waals surface area contributed by atoms with Crippen molar-refractivity contribution in [2.45, 2.75) is 17.5 Å². The highest BCUT2D eigenvalue weighted by Gasteiger charge is 2.11. The van der Waals surface area contributed by atoms with E-state index in [-0.39, 0.29) is 18.0 Å². The Labute approximate surface area is 82.3 Å². The van der Waals surface area contributed by atoms with Crippen molar-refractivity contribution in [3.8, 4) is 0 Å². The molecule has 14 heavy (non-hydrogen) atoms. The highest BCUT2D eigenvalue weighted by molar-refractivity contribution is 7.90. The van der Waals surface area contributed by atoms with Crippen molar-refractivity contribution >= 4 is 9.84 Å². The van der Waals surface area contributed by atoms with E-state index < -0.39 is 15.9 Å². The summed E-state index contributed by atoms with van der Waals surface area (Å²) in [5.41, 5.74) is 5.20. The van der Waals surface area contributed by atoms with E-state index in [9.17, 15) is 13.5 Å². The first kappa shape index (κ1) is 11.2. The van der Waals surface area contributed by atoms with Crippen molar-refractivity contribution in [1.82, 2.24) is 9.78 Å². The molecular weight excluding hydrogens is 206 g/mol. The fraction of sp³-hybridized carbons (Fsp3) is 0.571. The van der Waals surface area contributed by atoms with Crippen molar-refractivity contribution in [3.63, 3.8) is 0 Å². The summed E-state index contributed by atoms with van der Waals surface area (Å²) in [5.74, 6) is 0. The van der Waals surface area contributed by atoms with Crippen LogP contribution in [0.15, 0.2) is 17.3 Å². The van der Waals surface area contributed by atoms with Crippen molar-refractivity contribution in [3.05, 3.63) is 12.4 Å². The van der Waals surface area contributed by atoms with Gasteiger partial charge in [-0.3, -0.25) is 4.68 Å². The van der Waals surface area contributed by atoms with Gasteiger partial charge in [0.1, 0.15) is 4.90 Å². The van der Waals surface area contributed by atoms with Gasteiger partial charge in [0.05, 0.1) is 18.8 Å². The van der Waals surface area contributed by atoms with Gasteiger partial charge >= 0.3 is 0 Å². The molecule has 0 fully saturated rings. The maximum Gasteiger partial charge on any atom is 0.178 e. The predicted octanol–water partition coefficient (Wildman–Crippen LogP) is -1.39. The Bertz CT molecular complexity index is 398. The molecule has 0 bridgehead atoms. The molecule has 0 aromatic carbocycles. The third-order valence-corrected chi connectivity index (χ3v) is 2.77. The van der Waals surface area contributed by atoms with E-state index in [0.29, 0.717) is 0 Å². The molecule has 1 atom stereocenters. The Balaban J connectivity index is 2.79. The quantitative estimate of drug-likeness (QED) is 0.649. The highest BCUT2D eigenvalue weighted by atomic mass is 32.2. The maximum atomic E-state index is 11.1. The van der Waals surface area contributed by atoms with Gasteiger partial charge in [0.25, 0.3) is 0 Å². The Morgan fingerprint density at radius 3 is 2.79 bits per heavy atom. The van der Waals surface area contributed by atoms with Gasteiger partial charge in [0, 0.05) is 19.0 Å². The van der Waals surface area contributed by atoms with E-state index in [1.807, 2.05) is 0 Å². The molecule has 0 radical (unpaired) electrons. The molecule has 0 aliphatic rings. The standard InChI is InChI=1S/C7H13N3O3S/c1-14(12,13)7-3-9-10(5-7)4-6(11)2-8/h3,5-6,11H,2,4,8H2,1H3/t6-/m1/s1. The average Bonchev–Trinajstić information content (AvgIpc) is 2.51. The summed E-state index contributed by atoms with van der Waals surface area (Å²) in [6, 6.07) is 0. The molecule has 0 amide bonds. The molecule has 80 valence electrons. The molecule has 0 saturated carbocycles. The molecule has 0 spiro atoms. The first-order valence-electron chi connectivity index (χ1n) is 4.04. The van der Waals surface area contributed by atoms with Crippen LogP contribution in [0.3, 0.4) is 0 Å². The zero-order chi connectivity index (χ0) is 10.8. The van der Waals surface area contributed by atoms with Crippen molar-refractivity contribution < 1.29 is 13.5 Å². The SMILES string of the molecule is CS(=O)(=O)c1cnn(C[C@H](O)CN)c1. The Morgan fingerprint density at radius 2 is 2.36 bits per heavy atom. The summed E-state index contributed by atoms with van der Waals surface area (Å²) in [5, 5.41) is 13.0. The minimum atomic E-state index is -3.22. The molecule has 3 N–H and O–H groups in total. The van der Waals surface area contributed by atoms with Crippen LogP contribution in [-0.4, -0.2) is 42.2 Å². The zero-order valence-corrected chi connectivity index (χ0v) is 8.61. The topological polar surface area (TPSA) is 98.2 Å². The van der Waals surface area contributed by atoms with Crippen LogP contribution in [0.2, 0.25) is 0 Å². The fourth-order valence-electron chi connectivity index (χ4n) is 0.926. The van der Waals surface area contributed by atoms with E-state index in [1.165, 1.54) is 17.1 Å². The van der Waals surface area contributed by atoms with Crippen molar-refractivity contribution in [2.24, 2.45) is 5.73 Å². The molecule has 1 rings (SSSR count). The number of hydrogen-bond donors (Lipinski definition) is 2. The summed E-state index contributed by atoms with van der Waals surface area (Å²) in [6.45, 7) is 0.320. The van der Waals surface area contributed by atoms with Crippen LogP contribution in [0.25, 0.3) is 0 Å². The van der Waals surface area contributed by atoms with Gasteiger partial charge in [-0.2, -0.15) is 5.10 Å². The number of aromatic nitrogens is 2. The van der Waals surface area contributed by atoms with Gasteiger partial charge in [-0.25, -0.2) is 8.42 Å². The summed E-state index contributed by atoms with van der Waals surface area (Å²) in [6.07, 6.45) is 3.02. The largest absolute Gasteiger partial charge is 0.390 e. The van der Waals surface area contributed by atoms with Crippen molar-refractivity contribution in [2.75, 3.05) is 12.8 Å². The maximum absolute atomic E-state index is 11.1. The lowest BCUT2D eigenvalue weighted by atomic mass is 10.4. The minimum Gasteiger partial charge on any atom is -0.390 e. The van der Waals surface area contributed by atoms with Crippen LogP contribution in [-0.2, 0) is 16.4 Å². The number of sulfone groups is 1. The second-order valence-corrected chi connectivity index (χ2v) is 5.08. The smallest absolute Gasteiger partial charge is 0.178 e. The fourth-order valence-corrected chi connectivity index (χ4v) is 1.48. The van der Waals surface area contributed by atoms with Gasteiger partial charge < -0.3 is 10.8 Å². The van der Waals surface area contributed by atoms with Crippen LogP contribution in [0, 0.1) is 0 Å². The number of hydrogen-bond acceptors (Lipinski definition) is 5. The number of aliphatic hydroxyl groups excluding tert-OH is 1.